The van der Waals surface area contributed by atoms with Crippen molar-refractivity contribution in [2.45, 2.75) is 30.6 Å². The number of carbonyl (C=O) groups excluding carboxylic acids is 2. The summed E-state index contributed by atoms with van der Waals surface area (Å²) in [7, 11) is 1.53. The second kappa shape index (κ2) is 14.2. The number of carbonyl (C=O) groups is 2. The number of nitrogens with one attached hydrogen (secondary N) is 1. The zero-order valence-electron chi connectivity index (χ0n) is 16.2. The molecule has 0 aromatic heterocycles. The maximum atomic E-state index is 12.2. The molecule has 0 aromatic carbocycles. The van der Waals surface area contributed by atoms with E-state index in [9.17, 15) is 24.9 Å². The van der Waals surface area contributed by atoms with Crippen LogP contribution in [0.5, 0.6) is 0 Å². The Labute approximate surface area is 168 Å². The lowest BCUT2D eigenvalue weighted by Crippen LogP contribution is -2.55. The van der Waals surface area contributed by atoms with E-state index < -0.39 is 49.3 Å². The van der Waals surface area contributed by atoms with E-state index in [1.165, 1.54) is 13.2 Å². The maximum Gasteiger partial charge on any atom is 0.408 e. The molecule has 1 saturated heterocycles. The fourth-order valence-corrected chi connectivity index (χ4v) is 2.15. The van der Waals surface area contributed by atoms with Crippen LogP contribution in [0.2, 0.25) is 0 Å². The lowest BCUT2D eigenvalue weighted by atomic mass is 10.1. The number of methoxy groups -OCH3 is 1. The summed E-state index contributed by atoms with van der Waals surface area (Å²) in [6.07, 6.45) is -5.17. The maximum absolute atomic E-state index is 12.2. The van der Waals surface area contributed by atoms with Crippen molar-refractivity contribution in [1.82, 2.24) is 5.32 Å². The van der Waals surface area contributed by atoms with E-state index in [1.807, 2.05) is 0 Å². The van der Waals surface area contributed by atoms with Crippen LogP contribution in [0.4, 0.5) is 4.79 Å². The number of aliphatic hydroxyl groups excluding tert-OH is 3. The summed E-state index contributed by atoms with van der Waals surface area (Å²) in [5.41, 5.74) is 0. The highest BCUT2D eigenvalue weighted by molar-refractivity contribution is 5.81. The molecule has 1 amide bonds. The van der Waals surface area contributed by atoms with Gasteiger partial charge in [-0.25, -0.2) is 9.59 Å². The molecular formula is C17H29NO11. The molecule has 1 aliphatic heterocycles. The highest BCUT2D eigenvalue weighted by atomic mass is 16.7. The molecule has 0 radical (unpaired) electrons. The molecule has 0 saturated carbocycles. The van der Waals surface area contributed by atoms with Crippen LogP contribution < -0.4 is 5.32 Å². The second-order valence-electron chi connectivity index (χ2n) is 5.94. The van der Waals surface area contributed by atoms with Crippen molar-refractivity contribution >= 4 is 12.1 Å². The molecule has 0 aliphatic carbocycles. The average Bonchev–Trinajstić information content (AvgIpc) is 2.71. The van der Waals surface area contributed by atoms with Crippen LogP contribution in [-0.2, 0) is 33.2 Å². The Morgan fingerprint density at radius 2 is 1.90 bits per heavy atom. The summed E-state index contributed by atoms with van der Waals surface area (Å²) in [6.45, 7) is 3.39. The standard InChI is InChI=1S/C17H29NO11/c1-3-4-27-17(23)18-11(15(22)26-8-7-25-6-5-24-2)9-28-16-14(21)13(20)12(19)10-29-16/h3,11-14,16,19-21H,1,4-10H2,2H3,(H,18,23)/t11-,12+,13-,14+,16+/m0/s1. The molecule has 29 heavy (non-hydrogen) atoms. The van der Waals surface area contributed by atoms with Crippen molar-refractivity contribution in [2.24, 2.45) is 0 Å². The van der Waals surface area contributed by atoms with Gasteiger partial charge < -0.3 is 49.1 Å². The minimum absolute atomic E-state index is 0.0731. The molecular weight excluding hydrogens is 394 g/mol. The van der Waals surface area contributed by atoms with Crippen molar-refractivity contribution in [1.29, 1.82) is 0 Å². The monoisotopic (exact) mass is 423 g/mol. The molecule has 0 unspecified atom stereocenters. The van der Waals surface area contributed by atoms with Crippen molar-refractivity contribution in [3.05, 3.63) is 12.7 Å². The molecule has 1 fully saturated rings. The molecule has 0 spiro atoms. The van der Waals surface area contributed by atoms with Crippen LogP contribution in [0.1, 0.15) is 0 Å². The third kappa shape index (κ3) is 9.49. The topological polar surface area (TPSA) is 162 Å². The molecule has 0 bridgehead atoms. The van der Waals surface area contributed by atoms with Gasteiger partial charge in [0.1, 0.15) is 31.5 Å². The zero-order chi connectivity index (χ0) is 21.6. The third-order valence-electron chi connectivity index (χ3n) is 3.69. The largest absolute Gasteiger partial charge is 0.462 e. The number of hydrogen-bond acceptors (Lipinski definition) is 11. The van der Waals surface area contributed by atoms with Gasteiger partial charge in [-0.15, -0.1) is 0 Å². The van der Waals surface area contributed by atoms with Crippen molar-refractivity contribution in [3.8, 4) is 0 Å². The van der Waals surface area contributed by atoms with E-state index in [0.717, 1.165) is 0 Å². The fraction of sp³-hybridized carbons (Fsp3) is 0.765. The number of amides is 1. The van der Waals surface area contributed by atoms with Crippen LogP contribution in [0.25, 0.3) is 0 Å². The Balaban J connectivity index is 2.54. The summed E-state index contributed by atoms with van der Waals surface area (Å²) >= 11 is 0. The Hall–Kier alpha value is -1.80. The number of hydrogen-bond donors (Lipinski definition) is 4. The van der Waals surface area contributed by atoms with Gasteiger partial charge in [0.15, 0.2) is 12.3 Å². The highest BCUT2D eigenvalue weighted by Gasteiger charge is 2.39. The first-order chi connectivity index (χ1) is 13.9. The minimum Gasteiger partial charge on any atom is -0.462 e. The molecule has 1 rings (SSSR count). The fourth-order valence-electron chi connectivity index (χ4n) is 2.15. The van der Waals surface area contributed by atoms with Gasteiger partial charge in [-0.1, -0.05) is 12.7 Å². The Bertz CT molecular complexity index is 504. The number of rotatable bonds is 13. The molecule has 12 heteroatoms. The lowest BCUT2D eigenvalue weighted by Gasteiger charge is -2.35. The molecule has 168 valence electrons. The van der Waals surface area contributed by atoms with Crippen molar-refractivity contribution < 1.29 is 53.3 Å². The molecule has 1 aliphatic rings. The molecule has 4 N–H and O–H groups in total. The van der Waals surface area contributed by atoms with Gasteiger partial charge in [-0.2, -0.15) is 0 Å². The van der Waals surface area contributed by atoms with E-state index >= 15 is 0 Å². The third-order valence-corrected chi connectivity index (χ3v) is 3.69. The van der Waals surface area contributed by atoms with Gasteiger partial charge in [-0.05, 0) is 0 Å². The molecule has 5 atom stereocenters. The first kappa shape index (κ1) is 25.2. The van der Waals surface area contributed by atoms with Crippen LogP contribution in [0.15, 0.2) is 12.7 Å². The average molecular weight is 423 g/mol. The van der Waals surface area contributed by atoms with Crippen LogP contribution in [0.3, 0.4) is 0 Å². The molecule has 1 heterocycles. The second-order valence-corrected chi connectivity index (χ2v) is 5.94. The van der Waals surface area contributed by atoms with E-state index in [-0.39, 0.29) is 26.4 Å². The van der Waals surface area contributed by atoms with E-state index in [2.05, 4.69) is 11.9 Å². The van der Waals surface area contributed by atoms with Gasteiger partial charge in [0.25, 0.3) is 0 Å². The van der Waals surface area contributed by atoms with Crippen LogP contribution >= 0.6 is 0 Å². The summed E-state index contributed by atoms with van der Waals surface area (Å²) in [5.74, 6) is -0.832. The smallest absolute Gasteiger partial charge is 0.408 e. The van der Waals surface area contributed by atoms with Crippen molar-refractivity contribution in [2.75, 3.05) is 53.4 Å². The number of esters is 1. The Morgan fingerprint density at radius 3 is 2.59 bits per heavy atom. The van der Waals surface area contributed by atoms with Gasteiger partial charge >= 0.3 is 12.1 Å². The first-order valence-corrected chi connectivity index (χ1v) is 8.95. The number of ether oxygens (including phenoxy) is 6. The van der Waals surface area contributed by atoms with Crippen molar-refractivity contribution in [3.63, 3.8) is 0 Å². The predicted octanol–water partition coefficient (Wildman–Crippen LogP) is -2.07. The summed E-state index contributed by atoms with van der Waals surface area (Å²) in [4.78, 5) is 24.0. The molecule has 12 nitrogen and oxygen atoms in total. The molecule has 0 aromatic rings. The van der Waals surface area contributed by atoms with Gasteiger partial charge in [-0.3, -0.25) is 0 Å². The van der Waals surface area contributed by atoms with Crippen LogP contribution in [0, 0.1) is 0 Å². The van der Waals surface area contributed by atoms with E-state index in [0.29, 0.717) is 13.2 Å². The van der Waals surface area contributed by atoms with Gasteiger partial charge in [0, 0.05) is 7.11 Å². The number of alkyl carbamates (subject to hydrolysis) is 1. The predicted molar refractivity (Wildman–Crippen MR) is 95.8 cm³/mol. The van der Waals surface area contributed by atoms with Gasteiger partial charge in [0.05, 0.1) is 33.0 Å². The normalized spacial score (nSPS) is 25.1. The zero-order valence-corrected chi connectivity index (χ0v) is 16.2. The Morgan fingerprint density at radius 1 is 1.17 bits per heavy atom. The lowest BCUT2D eigenvalue weighted by molar-refractivity contribution is -0.271. The van der Waals surface area contributed by atoms with E-state index in [4.69, 9.17) is 28.4 Å². The number of aliphatic hydroxyl groups is 3. The first-order valence-electron chi connectivity index (χ1n) is 8.95. The van der Waals surface area contributed by atoms with E-state index in [1.54, 1.807) is 0 Å². The summed E-state index contributed by atoms with van der Waals surface area (Å²) < 4.78 is 30.1. The van der Waals surface area contributed by atoms with Gasteiger partial charge in [0.2, 0.25) is 0 Å². The summed E-state index contributed by atoms with van der Waals surface area (Å²) in [5, 5.41) is 31.3. The van der Waals surface area contributed by atoms with Crippen LogP contribution in [-0.4, -0.2) is 111 Å². The quantitative estimate of drug-likeness (QED) is 0.146. The summed E-state index contributed by atoms with van der Waals surface area (Å²) in [6, 6.07) is -1.29. The Kier molecular flexibility index (Phi) is 12.4. The highest BCUT2D eigenvalue weighted by Crippen LogP contribution is 2.16. The SMILES string of the molecule is C=CCOC(=O)N[C@@H](CO[C@@H]1OC[C@@H](O)[C@H](O)[C@H]1O)C(=O)OCCOCCOC. The minimum atomic E-state index is -1.54.